The number of carbonyl (C=O) groups excluding carboxylic acids is 1. The Kier molecular flexibility index (Phi) is 6.19. The van der Waals surface area contributed by atoms with Crippen molar-refractivity contribution in [2.45, 2.75) is 18.4 Å². The van der Waals surface area contributed by atoms with Gasteiger partial charge in [0, 0.05) is 12.1 Å². The Balaban J connectivity index is 1.76. The second-order valence-electron chi connectivity index (χ2n) is 6.48. The lowest BCUT2D eigenvalue weighted by molar-refractivity contribution is 0.0951. The lowest BCUT2D eigenvalue weighted by Crippen LogP contribution is -2.23. The van der Waals surface area contributed by atoms with Gasteiger partial charge < -0.3 is 10.1 Å². The summed E-state index contributed by atoms with van der Waals surface area (Å²) in [5, 5.41) is 2.84. The van der Waals surface area contributed by atoms with Crippen molar-refractivity contribution in [1.29, 1.82) is 0 Å². The molecular formula is C22H22N2O4S. The maximum atomic E-state index is 12.7. The van der Waals surface area contributed by atoms with Crippen LogP contribution in [0.2, 0.25) is 0 Å². The predicted molar refractivity (Wildman–Crippen MR) is 113 cm³/mol. The summed E-state index contributed by atoms with van der Waals surface area (Å²) < 4.78 is 33.0. The molecule has 0 radical (unpaired) electrons. The first-order chi connectivity index (χ1) is 13.9. The maximum Gasteiger partial charge on any atom is 0.261 e. The van der Waals surface area contributed by atoms with Crippen LogP contribution in [0.5, 0.6) is 5.75 Å². The summed E-state index contributed by atoms with van der Waals surface area (Å²) in [6, 6.07) is 20.6. The molecule has 3 aromatic rings. The lowest BCUT2D eigenvalue weighted by atomic mass is 10.1. The molecular weight excluding hydrogens is 388 g/mol. The average Bonchev–Trinajstić information content (AvgIpc) is 2.74. The highest BCUT2D eigenvalue weighted by Crippen LogP contribution is 2.23. The molecule has 0 aliphatic rings. The van der Waals surface area contributed by atoms with Crippen LogP contribution in [0.3, 0.4) is 0 Å². The van der Waals surface area contributed by atoms with Crippen molar-refractivity contribution >= 4 is 21.6 Å². The molecule has 7 heteroatoms. The molecule has 3 rings (SSSR count). The molecule has 0 unspecified atom stereocenters. The van der Waals surface area contributed by atoms with Crippen LogP contribution in [0, 0.1) is 6.92 Å². The van der Waals surface area contributed by atoms with Gasteiger partial charge in [-0.3, -0.25) is 9.52 Å². The summed E-state index contributed by atoms with van der Waals surface area (Å²) in [4.78, 5) is 12.6. The van der Waals surface area contributed by atoms with Crippen molar-refractivity contribution < 1.29 is 17.9 Å². The van der Waals surface area contributed by atoms with E-state index in [0.717, 1.165) is 5.56 Å². The largest absolute Gasteiger partial charge is 0.497 e. The Morgan fingerprint density at radius 3 is 2.31 bits per heavy atom. The van der Waals surface area contributed by atoms with Crippen LogP contribution in [0.1, 0.15) is 21.5 Å². The fourth-order valence-corrected chi connectivity index (χ4v) is 3.83. The van der Waals surface area contributed by atoms with E-state index in [4.69, 9.17) is 4.74 Å². The molecule has 150 valence electrons. The summed E-state index contributed by atoms with van der Waals surface area (Å²) >= 11 is 0. The molecule has 29 heavy (non-hydrogen) atoms. The zero-order valence-corrected chi connectivity index (χ0v) is 17.0. The number of hydrogen-bond acceptors (Lipinski definition) is 4. The van der Waals surface area contributed by atoms with Crippen LogP contribution in [0.15, 0.2) is 77.7 Å². The zero-order valence-electron chi connectivity index (χ0n) is 16.2. The van der Waals surface area contributed by atoms with E-state index in [9.17, 15) is 13.2 Å². The molecule has 0 atom stereocenters. The van der Waals surface area contributed by atoms with E-state index >= 15 is 0 Å². The van der Waals surface area contributed by atoms with E-state index in [0.29, 0.717) is 29.1 Å². The monoisotopic (exact) mass is 410 g/mol. The Morgan fingerprint density at radius 1 is 0.966 bits per heavy atom. The fourth-order valence-electron chi connectivity index (χ4n) is 2.71. The van der Waals surface area contributed by atoms with Crippen LogP contribution in [-0.4, -0.2) is 21.4 Å². The minimum atomic E-state index is -3.80. The normalized spacial score (nSPS) is 11.0. The molecule has 2 N–H and O–H groups in total. The summed E-state index contributed by atoms with van der Waals surface area (Å²) in [5.74, 6) is 0.288. The van der Waals surface area contributed by atoms with Gasteiger partial charge in [0.1, 0.15) is 5.75 Å². The molecule has 6 nitrogen and oxygen atoms in total. The molecule has 0 aromatic heterocycles. The van der Waals surface area contributed by atoms with Crippen LogP contribution >= 0.6 is 0 Å². The molecule has 0 saturated carbocycles. The Morgan fingerprint density at radius 2 is 1.66 bits per heavy atom. The highest BCUT2D eigenvalue weighted by atomic mass is 32.2. The fraction of sp³-hybridized carbons (Fsp3) is 0.136. The first-order valence-corrected chi connectivity index (χ1v) is 10.5. The zero-order chi connectivity index (χ0) is 20.9. The van der Waals surface area contributed by atoms with Crippen molar-refractivity contribution in [3.8, 4) is 5.75 Å². The van der Waals surface area contributed by atoms with E-state index in [1.807, 2.05) is 30.3 Å². The Bertz CT molecular complexity index is 1100. The summed E-state index contributed by atoms with van der Waals surface area (Å²) in [5.41, 5.74) is 2.42. The molecule has 0 spiro atoms. The number of aryl methyl sites for hydroxylation is 1. The quantitative estimate of drug-likeness (QED) is 0.622. The number of amides is 1. The number of anilines is 1. The number of methoxy groups -OCH3 is 1. The van der Waals surface area contributed by atoms with Crippen molar-refractivity contribution in [3.05, 3.63) is 89.5 Å². The van der Waals surface area contributed by atoms with Gasteiger partial charge in [0.2, 0.25) is 0 Å². The number of nitrogens with one attached hydrogen (secondary N) is 2. The van der Waals surface area contributed by atoms with E-state index in [-0.39, 0.29) is 10.8 Å². The molecule has 0 saturated heterocycles. The van der Waals surface area contributed by atoms with Crippen LogP contribution in [0.25, 0.3) is 0 Å². The van der Waals surface area contributed by atoms with E-state index < -0.39 is 10.0 Å². The standard InChI is InChI=1S/C22H22N2O4S/c1-16-8-9-18(22(25)23-15-17-6-4-3-5-7-17)14-21(16)24-29(26,27)20-12-10-19(28-2)11-13-20/h3-14,24H,15H2,1-2H3,(H,23,25). The van der Waals surface area contributed by atoms with Gasteiger partial charge in [0.05, 0.1) is 17.7 Å². The van der Waals surface area contributed by atoms with Gasteiger partial charge in [-0.1, -0.05) is 36.4 Å². The molecule has 0 aliphatic carbocycles. The number of hydrogen-bond donors (Lipinski definition) is 2. The van der Waals surface area contributed by atoms with Crippen LogP contribution in [-0.2, 0) is 16.6 Å². The second-order valence-corrected chi connectivity index (χ2v) is 8.16. The van der Waals surface area contributed by atoms with Gasteiger partial charge in [0.15, 0.2) is 0 Å². The van der Waals surface area contributed by atoms with Crippen molar-refractivity contribution in [2.24, 2.45) is 0 Å². The third-order valence-electron chi connectivity index (χ3n) is 4.41. The number of ether oxygens (including phenoxy) is 1. The van der Waals surface area contributed by atoms with Crippen LogP contribution < -0.4 is 14.8 Å². The third-order valence-corrected chi connectivity index (χ3v) is 5.79. The van der Waals surface area contributed by atoms with Gasteiger partial charge >= 0.3 is 0 Å². The van der Waals surface area contributed by atoms with Crippen LogP contribution in [0.4, 0.5) is 5.69 Å². The Labute approximate surface area is 170 Å². The molecule has 0 fully saturated rings. The number of benzene rings is 3. The minimum Gasteiger partial charge on any atom is -0.497 e. The Hall–Kier alpha value is -3.32. The van der Waals surface area contributed by atoms with Gasteiger partial charge in [-0.15, -0.1) is 0 Å². The molecule has 0 bridgehead atoms. The number of carbonyl (C=O) groups is 1. The van der Waals surface area contributed by atoms with E-state index in [2.05, 4.69) is 10.0 Å². The summed E-state index contributed by atoms with van der Waals surface area (Å²) in [6.07, 6.45) is 0. The van der Waals surface area contributed by atoms with Crippen molar-refractivity contribution in [2.75, 3.05) is 11.8 Å². The molecule has 1 amide bonds. The summed E-state index contributed by atoms with van der Waals surface area (Å²) in [7, 11) is -2.28. The van der Waals surface area contributed by atoms with Crippen molar-refractivity contribution in [3.63, 3.8) is 0 Å². The topological polar surface area (TPSA) is 84.5 Å². The minimum absolute atomic E-state index is 0.108. The van der Waals surface area contributed by atoms with Gasteiger partial charge in [-0.25, -0.2) is 8.42 Å². The van der Waals surface area contributed by atoms with Gasteiger partial charge in [-0.05, 0) is 54.4 Å². The van der Waals surface area contributed by atoms with Gasteiger partial charge in [0.25, 0.3) is 15.9 Å². The average molecular weight is 410 g/mol. The van der Waals surface area contributed by atoms with Crippen molar-refractivity contribution in [1.82, 2.24) is 5.32 Å². The lowest BCUT2D eigenvalue weighted by Gasteiger charge is -2.13. The molecule has 0 heterocycles. The van der Waals surface area contributed by atoms with Gasteiger partial charge in [-0.2, -0.15) is 0 Å². The molecule has 3 aromatic carbocycles. The maximum absolute atomic E-state index is 12.7. The van der Waals surface area contributed by atoms with E-state index in [1.54, 1.807) is 31.2 Å². The smallest absolute Gasteiger partial charge is 0.261 e. The summed E-state index contributed by atoms with van der Waals surface area (Å²) in [6.45, 7) is 2.16. The van der Waals surface area contributed by atoms with E-state index in [1.165, 1.54) is 25.3 Å². The predicted octanol–water partition coefficient (Wildman–Crippen LogP) is 3.73. The number of rotatable bonds is 7. The second kappa shape index (κ2) is 8.79. The molecule has 0 aliphatic heterocycles. The first kappa shape index (κ1) is 20.4. The highest BCUT2D eigenvalue weighted by molar-refractivity contribution is 7.92. The highest BCUT2D eigenvalue weighted by Gasteiger charge is 2.17. The SMILES string of the molecule is COc1ccc(S(=O)(=O)Nc2cc(C(=O)NCc3ccccc3)ccc2C)cc1. The third kappa shape index (κ3) is 5.14. The number of sulfonamides is 1. The first-order valence-electron chi connectivity index (χ1n) is 8.99.